The molecule has 0 atom stereocenters. The third-order valence-electron chi connectivity index (χ3n) is 26.5. The van der Waals surface area contributed by atoms with Crippen LogP contribution in [0, 0.1) is 43.4 Å². The second kappa shape index (κ2) is 41.9. The molecule has 11 heterocycles. The molecule has 135 heavy (non-hydrogen) atoms. The molecule has 0 saturated heterocycles. The van der Waals surface area contributed by atoms with Crippen LogP contribution in [0.3, 0.4) is 0 Å². The van der Waals surface area contributed by atoms with Crippen molar-refractivity contribution in [2.24, 2.45) is 0 Å². The summed E-state index contributed by atoms with van der Waals surface area (Å²) in [6.07, 6.45) is 20.2. The van der Waals surface area contributed by atoms with E-state index in [1.165, 1.54) is 82.1 Å². The Balaban J connectivity index is 0.000000107. The van der Waals surface area contributed by atoms with Crippen LogP contribution in [0.15, 0.2) is 288 Å². The van der Waals surface area contributed by atoms with Gasteiger partial charge in [-0.2, -0.15) is 5.26 Å². The standard InChI is InChI=1S/C23H20BNOS.C20H19BN2OS.C16H13BClNO.C16H16BFO.C15H12BNO2.C9H9BO3.C8H9BFNO/c1-16-7-10-22-20(13-16)23(27-19-5-3-2-4-6-19)15-25(22)18-9-8-17-11-12-24(26)21(17)14-18;1-14-3-6-19-17(11-14)20(25-10-2-9-22)13-23(19)16-5-4-15-7-8-21(24)18(15)12-16;18-13-2-4-16-12(9-13)6-8-19(16)14-3-1-11-5-7-17(20)15(11)10-14;18-16-11-13-8-9-17(19)15(13)10-14(16)7-6-12-4-2-1-3-5-12;1-17-12-5-7-13(8-6-12)19-14-4-2-3-11-9-10-16(18)15(11)14;11-10-2-1-6-3-8-9(4-7(6)10)13-5-12-8;10-7-3-5-1-2-9(12)6(5)4-8(7)11/h2-10,13-15,26H,11-12H2,1H3;3-6,11-13,24H,2,7-8,10H2,1H3;1-4,6,8-10,20H,5,7H2;1-5,10-11,19H,6-9H2;2-8,18H,9-10H2;3-4,11H,1-2,5H2;3-4,12H,1-2,11H2. The molecule has 670 valence electrons. The zero-order valence-electron chi connectivity index (χ0n) is 75.1. The molecular formula is C107H98B7ClF2N6O10S2. The van der Waals surface area contributed by atoms with Crippen molar-refractivity contribution in [3.05, 3.63) is 363 Å². The van der Waals surface area contributed by atoms with Crippen LogP contribution in [0.25, 0.3) is 54.6 Å². The Morgan fingerprint density at radius 3 is 1.53 bits per heavy atom. The largest absolute Gasteiger partial charge is 0.458 e. The Morgan fingerprint density at radius 1 is 0.467 bits per heavy atom. The van der Waals surface area contributed by atoms with Gasteiger partial charge in [0.2, 0.25) is 6.79 Å². The van der Waals surface area contributed by atoms with E-state index < -0.39 is 20.7 Å². The molecule has 0 spiro atoms. The number of thioether (sulfide) groups is 1. The number of hydrogen-bond donors (Lipinski definition) is 8. The number of nitriles is 1. The summed E-state index contributed by atoms with van der Waals surface area (Å²) in [7, 11) is 0. The molecule has 16 nitrogen and oxygen atoms in total. The molecule has 8 aliphatic heterocycles. The van der Waals surface area contributed by atoms with Gasteiger partial charge in [0.25, 0.3) is 0 Å². The van der Waals surface area contributed by atoms with Gasteiger partial charge in [0.05, 0.1) is 34.9 Å². The van der Waals surface area contributed by atoms with Gasteiger partial charge in [-0.15, -0.1) is 11.8 Å². The smallest absolute Gasteiger partial charge is 0.328 e. The van der Waals surface area contributed by atoms with E-state index >= 15 is 0 Å². The maximum absolute atomic E-state index is 14.0. The molecule has 13 aromatic carbocycles. The molecule has 24 rings (SSSR count). The van der Waals surface area contributed by atoms with E-state index in [9.17, 15) is 43.9 Å². The van der Waals surface area contributed by atoms with E-state index in [4.69, 9.17) is 43.4 Å². The predicted octanol–water partition coefficient (Wildman–Crippen LogP) is 17.0. The topological polar surface area (TPSA) is 238 Å². The van der Waals surface area contributed by atoms with E-state index in [1.54, 1.807) is 53.9 Å². The summed E-state index contributed by atoms with van der Waals surface area (Å²) in [5.41, 5.74) is 32.1. The van der Waals surface area contributed by atoms with Crippen LogP contribution in [0.5, 0.6) is 23.0 Å². The Bertz CT molecular complexity index is 7170. The molecule has 28 heteroatoms. The Hall–Kier alpha value is -12.3. The second-order valence-electron chi connectivity index (χ2n) is 35.5. The molecule has 16 aromatic rings. The van der Waals surface area contributed by atoms with Gasteiger partial charge in [0.1, 0.15) is 23.1 Å². The first-order valence-electron chi connectivity index (χ1n) is 46.1. The number of aryl methyl sites for hydroxylation is 11. The fourth-order valence-electron chi connectivity index (χ4n) is 19.4. The number of ether oxygens (including phenoxy) is 3. The van der Waals surface area contributed by atoms with Crippen molar-refractivity contribution in [1.82, 2.24) is 13.7 Å². The van der Waals surface area contributed by atoms with Gasteiger partial charge in [0, 0.05) is 83.7 Å². The molecule has 9 N–H and O–H groups in total. The number of rotatable bonds is 13. The average Bonchev–Trinajstić information content (AvgIpc) is 1.61. The number of hydrogen-bond acceptors (Lipinski definition) is 14. The summed E-state index contributed by atoms with van der Waals surface area (Å²) in [6.45, 7) is 8.84. The van der Waals surface area contributed by atoms with Crippen molar-refractivity contribution in [1.29, 1.82) is 5.26 Å². The molecule has 0 fully saturated rings. The maximum Gasteiger partial charge on any atom is 0.328 e. The molecule has 0 saturated carbocycles. The van der Waals surface area contributed by atoms with E-state index in [0.29, 0.717) is 48.7 Å². The monoisotopic (exact) mass is 1840 g/mol. The minimum absolute atomic E-state index is 0.120. The number of nitrogen functional groups attached to an aromatic ring is 1. The van der Waals surface area contributed by atoms with E-state index in [-0.39, 0.29) is 45.0 Å². The highest BCUT2D eigenvalue weighted by molar-refractivity contribution is 7.99. The zero-order chi connectivity index (χ0) is 93.5. The molecule has 3 aromatic heterocycles. The zero-order valence-corrected chi connectivity index (χ0v) is 77.5. The SMILES string of the molecule is Cc1ccc2c(c1)c(SCCC#N)cn2-c1ccc2c(c1)B(O)CC2.Cc1ccc2c(c1)c(Sc1ccccc1)cn2-c1ccc2c(c1)B(O)CC2.Nc1cc2c(cc1F)CCB2O.OB1CCc2cc(F)c(CCc3ccccc3)cc21.OB1CCc2cc3c(cc21)OCO3.OB1CCc2ccc(-n3ccc4cc(Cl)ccc43)cc21.[C-]#[N+]c1ccc(Oc2cccc3c2B(O)CC3)cc1. The van der Waals surface area contributed by atoms with Crippen molar-refractivity contribution < 1.29 is 58.2 Å². The fourth-order valence-corrected chi connectivity index (χ4v) is 21.4. The molecule has 0 bridgehead atoms. The van der Waals surface area contributed by atoms with E-state index in [1.807, 2.05) is 85.1 Å². The van der Waals surface area contributed by atoms with Crippen molar-refractivity contribution in [3.63, 3.8) is 0 Å². The quantitative estimate of drug-likeness (QED) is 0.0176. The number of nitrogens with two attached hydrogens (primary N) is 1. The minimum atomic E-state index is -0.456. The molecule has 0 radical (unpaired) electrons. The highest BCUT2D eigenvalue weighted by Gasteiger charge is 2.34. The van der Waals surface area contributed by atoms with Gasteiger partial charge in [-0.05, 0) is 333 Å². The van der Waals surface area contributed by atoms with E-state index in [0.717, 1.165) is 200 Å². The summed E-state index contributed by atoms with van der Waals surface area (Å²) >= 11 is 9.56. The predicted molar refractivity (Wildman–Crippen MR) is 552 cm³/mol. The van der Waals surface area contributed by atoms with Crippen molar-refractivity contribution >= 4 is 166 Å². The molecule has 0 aliphatic carbocycles. The highest BCUT2D eigenvalue weighted by Crippen LogP contribution is 2.40. The fraction of sp³-hybridized carbons (Fsp3) is 0.196. The van der Waals surface area contributed by atoms with Gasteiger partial charge < -0.3 is 68.8 Å². The number of nitrogens with zero attached hydrogens (tertiary/aromatic N) is 5. The van der Waals surface area contributed by atoms with Gasteiger partial charge >= 0.3 is 48.4 Å². The van der Waals surface area contributed by atoms with Gasteiger partial charge in [-0.3, -0.25) is 0 Å². The molecular weight excluding hydrogens is 1740 g/mol. The summed E-state index contributed by atoms with van der Waals surface area (Å²) in [5, 5.41) is 82.6. The van der Waals surface area contributed by atoms with Crippen LogP contribution in [0.1, 0.15) is 67.6 Å². The summed E-state index contributed by atoms with van der Waals surface area (Å²) < 4.78 is 49.8. The lowest BCUT2D eigenvalue weighted by atomic mass is 9.62. The molecule has 0 unspecified atom stereocenters. The average molecular weight is 1840 g/mol. The van der Waals surface area contributed by atoms with Crippen LogP contribution in [0.4, 0.5) is 20.2 Å². The lowest BCUT2D eigenvalue weighted by molar-refractivity contribution is 0.174. The highest BCUT2D eigenvalue weighted by atomic mass is 35.5. The lowest BCUT2D eigenvalue weighted by Gasteiger charge is -2.11. The second-order valence-corrected chi connectivity index (χ2v) is 38.2. The van der Waals surface area contributed by atoms with Gasteiger partial charge in [0.15, 0.2) is 17.2 Å². The summed E-state index contributed by atoms with van der Waals surface area (Å²) in [4.78, 5) is 7.04. The normalized spacial score (nSPS) is 14.0. The summed E-state index contributed by atoms with van der Waals surface area (Å²) in [5.74, 6) is 3.24. The molecule has 0 amide bonds. The van der Waals surface area contributed by atoms with Crippen molar-refractivity contribution in [2.75, 3.05) is 18.3 Å². The first-order valence-corrected chi connectivity index (χ1v) is 48.3. The lowest BCUT2D eigenvalue weighted by Crippen LogP contribution is -2.27. The Morgan fingerprint density at radius 2 is 0.956 bits per heavy atom. The first-order chi connectivity index (χ1) is 65.6. The van der Waals surface area contributed by atoms with Crippen LogP contribution >= 0.6 is 35.1 Å². The number of fused-ring (bicyclic) bond motifs is 11. The van der Waals surface area contributed by atoms with E-state index in [2.05, 4.69) is 184 Å². The molecule has 8 aliphatic rings. The summed E-state index contributed by atoms with van der Waals surface area (Å²) in [6, 6.07) is 86.3. The van der Waals surface area contributed by atoms with Gasteiger partial charge in [-0.25, -0.2) is 13.6 Å². The Kier molecular flexibility index (Phi) is 28.9. The van der Waals surface area contributed by atoms with Crippen LogP contribution in [-0.2, 0) is 57.8 Å². The van der Waals surface area contributed by atoms with Crippen LogP contribution in [-0.4, -0.2) is 110 Å². The number of halogens is 3. The van der Waals surface area contributed by atoms with Crippen molar-refractivity contribution in [2.45, 2.75) is 137 Å². The maximum atomic E-state index is 14.0. The van der Waals surface area contributed by atoms with Crippen LogP contribution < -0.4 is 58.2 Å². The first kappa shape index (κ1) is 93.1. The number of benzene rings is 13. The van der Waals surface area contributed by atoms with Crippen molar-refractivity contribution in [3.8, 4) is 46.1 Å². The third-order valence-corrected chi connectivity index (χ3v) is 28.9. The number of anilines is 1. The Labute approximate surface area is 801 Å². The number of aromatic nitrogens is 3. The third kappa shape index (κ3) is 21.1. The van der Waals surface area contributed by atoms with Gasteiger partial charge in [-0.1, -0.05) is 160 Å². The minimum Gasteiger partial charge on any atom is -0.458 e. The van der Waals surface area contributed by atoms with Crippen LogP contribution in [0.2, 0.25) is 49.3 Å².